The maximum atomic E-state index is 13.1. The molecule has 0 heterocycles. The number of halogens is 2. The first-order valence-corrected chi connectivity index (χ1v) is 11.1. The largest absolute Gasteiger partial charge is 0.288 e. The van der Waals surface area contributed by atoms with Crippen molar-refractivity contribution in [3.05, 3.63) is 113 Å². The fraction of sp³-hybridized carbons (Fsp3) is 0.0455. The zero-order valence-electron chi connectivity index (χ0n) is 15.0. The summed E-state index contributed by atoms with van der Waals surface area (Å²) in [7, 11) is 0. The number of allylic oxidation sites excluding steroid dienone is 1. The maximum absolute atomic E-state index is 13.1. The molecule has 3 rings (SSSR count). The average Bonchev–Trinajstić information content (AvgIpc) is 2.72. The molecule has 0 fully saturated rings. The minimum Gasteiger partial charge on any atom is -0.288 e. The Labute approximate surface area is 189 Å². The van der Waals surface area contributed by atoms with Crippen molar-refractivity contribution in [2.24, 2.45) is 0 Å². The van der Waals surface area contributed by atoms with Crippen molar-refractivity contribution in [1.82, 2.24) is 0 Å². The molecule has 4 nitrogen and oxygen atoms in total. The summed E-state index contributed by atoms with van der Waals surface area (Å²) in [6.45, 7) is 0. The number of Topliss-reactive ketones (excluding diaryl/α,β-unsaturated/α-hetero) is 1. The van der Waals surface area contributed by atoms with Gasteiger partial charge in [0.2, 0.25) is 0 Å². The first kappa shape index (κ1) is 21.5. The van der Waals surface area contributed by atoms with Crippen LogP contribution in [0.2, 0.25) is 0 Å². The van der Waals surface area contributed by atoms with Gasteiger partial charge in [-0.1, -0.05) is 44.0 Å². The van der Waals surface area contributed by atoms with Crippen molar-refractivity contribution in [3.8, 4) is 0 Å². The SMILES string of the molecule is O=C(C(=Cc1ccc([N+](=O)[O-])cc1)SCc1ccc(Br)cc1)c1ccc(Br)cc1. The highest BCUT2D eigenvalue weighted by molar-refractivity contribution is 9.10. The molecule has 0 aliphatic carbocycles. The summed E-state index contributed by atoms with van der Waals surface area (Å²) in [4.78, 5) is 24.1. The van der Waals surface area contributed by atoms with E-state index in [9.17, 15) is 14.9 Å². The lowest BCUT2D eigenvalue weighted by atomic mass is 10.1. The molecule has 146 valence electrons. The van der Waals surface area contributed by atoms with Crippen LogP contribution < -0.4 is 0 Å². The lowest BCUT2D eigenvalue weighted by molar-refractivity contribution is -0.384. The van der Waals surface area contributed by atoms with E-state index in [0.717, 1.165) is 20.1 Å². The second-order valence-electron chi connectivity index (χ2n) is 6.11. The van der Waals surface area contributed by atoms with E-state index in [1.54, 1.807) is 30.3 Å². The third-order valence-corrected chi connectivity index (χ3v) is 6.19. The molecule has 3 aromatic carbocycles. The summed E-state index contributed by atoms with van der Waals surface area (Å²) < 4.78 is 1.90. The third kappa shape index (κ3) is 6.13. The van der Waals surface area contributed by atoms with E-state index in [1.807, 2.05) is 36.4 Å². The minimum absolute atomic E-state index is 0.0189. The number of nitro benzene ring substituents is 1. The van der Waals surface area contributed by atoms with Crippen molar-refractivity contribution < 1.29 is 9.72 Å². The number of ketones is 1. The van der Waals surface area contributed by atoms with Gasteiger partial charge in [-0.05, 0) is 65.7 Å². The van der Waals surface area contributed by atoms with Crippen LogP contribution in [-0.2, 0) is 5.75 Å². The molecule has 3 aromatic rings. The van der Waals surface area contributed by atoms with Crippen LogP contribution in [0, 0.1) is 10.1 Å². The normalized spacial score (nSPS) is 11.3. The number of benzene rings is 3. The highest BCUT2D eigenvalue weighted by Crippen LogP contribution is 2.28. The number of rotatable bonds is 7. The summed E-state index contributed by atoms with van der Waals surface area (Å²) >= 11 is 8.25. The van der Waals surface area contributed by atoms with Gasteiger partial charge in [0.15, 0.2) is 5.78 Å². The molecule has 0 aromatic heterocycles. The second-order valence-corrected chi connectivity index (χ2v) is 8.96. The zero-order valence-corrected chi connectivity index (χ0v) is 19.0. The Morgan fingerprint density at radius 3 is 2.00 bits per heavy atom. The molecule has 0 radical (unpaired) electrons. The smallest absolute Gasteiger partial charge is 0.269 e. The van der Waals surface area contributed by atoms with Crippen molar-refractivity contribution in [2.75, 3.05) is 0 Å². The lowest BCUT2D eigenvalue weighted by Gasteiger charge is -2.08. The van der Waals surface area contributed by atoms with E-state index in [-0.39, 0.29) is 11.5 Å². The average molecular weight is 533 g/mol. The van der Waals surface area contributed by atoms with Crippen LogP contribution in [0.3, 0.4) is 0 Å². The molecule has 0 aliphatic rings. The van der Waals surface area contributed by atoms with Crippen LogP contribution in [-0.4, -0.2) is 10.7 Å². The molecule has 0 unspecified atom stereocenters. The number of carbonyl (C=O) groups excluding carboxylic acids is 1. The summed E-state index contributed by atoms with van der Waals surface area (Å²) in [5.74, 6) is 0.548. The van der Waals surface area contributed by atoms with Crippen LogP contribution in [0.1, 0.15) is 21.5 Å². The Hall–Kier alpha value is -2.22. The van der Waals surface area contributed by atoms with Crippen molar-refractivity contribution >= 4 is 61.2 Å². The summed E-state index contributed by atoms with van der Waals surface area (Å²) in [5, 5.41) is 10.9. The van der Waals surface area contributed by atoms with Crippen molar-refractivity contribution in [3.63, 3.8) is 0 Å². The lowest BCUT2D eigenvalue weighted by Crippen LogP contribution is -2.01. The van der Waals surface area contributed by atoms with Crippen LogP contribution in [0.4, 0.5) is 5.69 Å². The van der Waals surface area contributed by atoms with E-state index in [0.29, 0.717) is 16.2 Å². The van der Waals surface area contributed by atoms with Gasteiger partial charge in [0.05, 0.1) is 9.83 Å². The molecule has 7 heteroatoms. The van der Waals surface area contributed by atoms with Crippen LogP contribution in [0.25, 0.3) is 6.08 Å². The van der Waals surface area contributed by atoms with E-state index >= 15 is 0 Å². The van der Waals surface area contributed by atoms with Crippen LogP contribution in [0.15, 0.2) is 86.6 Å². The van der Waals surface area contributed by atoms with Gasteiger partial charge in [0.25, 0.3) is 5.69 Å². The standard InChI is InChI=1S/C22H15Br2NO3S/c23-18-7-1-16(2-8-18)14-29-21(22(26)17-5-9-19(24)10-6-17)13-15-3-11-20(12-4-15)25(27)28/h1-13H,14H2. The Balaban J connectivity index is 1.88. The number of nitro groups is 1. The van der Waals surface area contributed by atoms with E-state index < -0.39 is 4.92 Å². The van der Waals surface area contributed by atoms with Crippen LogP contribution >= 0.6 is 43.6 Å². The molecule has 0 saturated heterocycles. The Kier molecular flexibility index (Phi) is 7.41. The molecule has 0 N–H and O–H groups in total. The van der Waals surface area contributed by atoms with Gasteiger partial charge in [-0.3, -0.25) is 14.9 Å². The Bertz CT molecular complexity index is 1050. The highest BCUT2D eigenvalue weighted by Gasteiger charge is 2.14. The van der Waals surface area contributed by atoms with Gasteiger partial charge in [-0.15, -0.1) is 11.8 Å². The molecule has 0 amide bonds. The van der Waals surface area contributed by atoms with E-state index in [2.05, 4.69) is 31.9 Å². The fourth-order valence-electron chi connectivity index (χ4n) is 2.50. The first-order chi connectivity index (χ1) is 13.9. The number of carbonyl (C=O) groups is 1. The summed E-state index contributed by atoms with van der Waals surface area (Å²) in [6, 6.07) is 21.3. The fourth-order valence-corrected chi connectivity index (χ4v) is 4.01. The van der Waals surface area contributed by atoms with Gasteiger partial charge in [0, 0.05) is 32.4 Å². The monoisotopic (exact) mass is 531 g/mol. The third-order valence-electron chi connectivity index (χ3n) is 4.04. The summed E-state index contributed by atoms with van der Waals surface area (Å²) in [6.07, 6.45) is 1.78. The molecule has 0 bridgehead atoms. The topological polar surface area (TPSA) is 60.2 Å². The molecule has 0 aliphatic heterocycles. The molecular weight excluding hydrogens is 518 g/mol. The number of thioether (sulfide) groups is 1. The zero-order chi connectivity index (χ0) is 20.8. The van der Waals surface area contributed by atoms with E-state index in [4.69, 9.17) is 0 Å². The number of hydrogen-bond acceptors (Lipinski definition) is 4. The number of hydrogen-bond donors (Lipinski definition) is 0. The first-order valence-electron chi connectivity index (χ1n) is 8.56. The maximum Gasteiger partial charge on any atom is 0.269 e. The molecule has 0 atom stereocenters. The van der Waals surface area contributed by atoms with Crippen LogP contribution in [0.5, 0.6) is 0 Å². The van der Waals surface area contributed by atoms with Gasteiger partial charge in [0.1, 0.15) is 0 Å². The van der Waals surface area contributed by atoms with Gasteiger partial charge in [-0.2, -0.15) is 0 Å². The molecule has 0 saturated carbocycles. The number of non-ortho nitro benzene ring substituents is 1. The predicted molar refractivity (Wildman–Crippen MR) is 125 cm³/mol. The molecular formula is C22H15Br2NO3S. The second kappa shape index (κ2) is 10.0. The van der Waals surface area contributed by atoms with E-state index in [1.165, 1.54) is 23.9 Å². The Morgan fingerprint density at radius 2 is 1.45 bits per heavy atom. The summed E-state index contributed by atoms with van der Waals surface area (Å²) in [5.41, 5.74) is 2.44. The Morgan fingerprint density at radius 1 is 0.897 bits per heavy atom. The van der Waals surface area contributed by atoms with Gasteiger partial charge in [-0.25, -0.2) is 0 Å². The number of nitrogens with zero attached hydrogens (tertiary/aromatic N) is 1. The van der Waals surface area contributed by atoms with Crippen molar-refractivity contribution in [1.29, 1.82) is 0 Å². The van der Waals surface area contributed by atoms with Gasteiger partial charge >= 0.3 is 0 Å². The van der Waals surface area contributed by atoms with Gasteiger partial charge < -0.3 is 0 Å². The van der Waals surface area contributed by atoms with Crippen molar-refractivity contribution in [2.45, 2.75) is 5.75 Å². The predicted octanol–water partition coefficient (Wildman–Crippen LogP) is 7.28. The molecule has 0 spiro atoms. The molecule has 29 heavy (non-hydrogen) atoms. The highest BCUT2D eigenvalue weighted by atomic mass is 79.9. The minimum atomic E-state index is -0.441. The quantitative estimate of drug-likeness (QED) is 0.139.